The summed E-state index contributed by atoms with van der Waals surface area (Å²) in [7, 11) is 3.99. The first-order valence-corrected chi connectivity index (χ1v) is 8.22. The summed E-state index contributed by atoms with van der Waals surface area (Å²) in [6, 6.07) is 4.90. The Morgan fingerprint density at radius 1 is 1.40 bits per heavy atom. The summed E-state index contributed by atoms with van der Waals surface area (Å²) in [5.74, 6) is 0.888. The third-order valence-corrected chi connectivity index (χ3v) is 4.50. The van der Waals surface area contributed by atoms with E-state index < -0.39 is 0 Å². The van der Waals surface area contributed by atoms with E-state index in [1.807, 2.05) is 7.05 Å². The number of rotatable bonds is 8. The molecule has 1 rings (SSSR count). The van der Waals surface area contributed by atoms with E-state index in [1.165, 1.54) is 11.3 Å². The molecule has 0 saturated carbocycles. The minimum atomic E-state index is 0.630. The van der Waals surface area contributed by atoms with Crippen molar-refractivity contribution in [1.82, 2.24) is 15.5 Å². The number of likely N-dealkylation sites (N-methyl/N-ethyl adjacent to an activating group) is 1. The summed E-state index contributed by atoms with van der Waals surface area (Å²) in [6.45, 7) is 7.34. The zero-order valence-corrected chi connectivity index (χ0v) is 14.0. The first-order chi connectivity index (χ1) is 9.67. The minimum Gasteiger partial charge on any atom is -0.356 e. The number of nitrogens with zero attached hydrogens (tertiary/aromatic N) is 2. The van der Waals surface area contributed by atoms with E-state index >= 15 is 0 Å². The second-order valence-electron chi connectivity index (χ2n) is 4.99. The van der Waals surface area contributed by atoms with Crippen molar-refractivity contribution in [1.29, 1.82) is 0 Å². The second kappa shape index (κ2) is 9.77. The van der Waals surface area contributed by atoms with Crippen molar-refractivity contribution >= 4 is 17.3 Å². The molecule has 5 heteroatoms. The summed E-state index contributed by atoms with van der Waals surface area (Å²) in [5.41, 5.74) is 0. The first kappa shape index (κ1) is 17.0. The Bertz CT molecular complexity index is 375. The molecule has 0 aromatic carbocycles. The van der Waals surface area contributed by atoms with Crippen molar-refractivity contribution in [2.45, 2.75) is 32.7 Å². The molecular weight excluding hydrogens is 268 g/mol. The zero-order valence-electron chi connectivity index (χ0n) is 13.1. The molecule has 0 fully saturated rings. The molecule has 1 atom stereocenters. The smallest absolute Gasteiger partial charge is 0.191 e. The van der Waals surface area contributed by atoms with E-state index in [4.69, 9.17) is 0 Å². The van der Waals surface area contributed by atoms with Gasteiger partial charge in [-0.2, -0.15) is 0 Å². The normalized spacial score (nSPS) is 13.6. The predicted octanol–water partition coefficient (Wildman–Crippen LogP) is 2.19. The van der Waals surface area contributed by atoms with E-state index in [-0.39, 0.29) is 0 Å². The molecule has 0 aliphatic rings. The van der Waals surface area contributed by atoms with Crippen molar-refractivity contribution < 1.29 is 0 Å². The van der Waals surface area contributed by atoms with E-state index in [0.29, 0.717) is 6.04 Å². The maximum atomic E-state index is 4.25. The van der Waals surface area contributed by atoms with Crippen LogP contribution in [0.15, 0.2) is 22.5 Å². The van der Waals surface area contributed by atoms with Crippen LogP contribution in [0.3, 0.4) is 0 Å². The molecule has 1 unspecified atom stereocenters. The van der Waals surface area contributed by atoms with Gasteiger partial charge < -0.3 is 15.5 Å². The predicted molar refractivity (Wildman–Crippen MR) is 89.8 cm³/mol. The Labute approximate surface area is 127 Å². The van der Waals surface area contributed by atoms with Crippen molar-refractivity contribution in [2.24, 2.45) is 4.99 Å². The lowest BCUT2D eigenvalue weighted by atomic mass is 10.2. The number of aliphatic imine (C=N–C) groups is 1. The summed E-state index contributed by atoms with van der Waals surface area (Å²) >= 11 is 1.80. The van der Waals surface area contributed by atoms with Gasteiger partial charge in [0.2, 0.25) is 0 Å². The Morgan fingerprint density at radius 2 is 2.15 bits per heavy atom. The highest BCUT2D eigenvalue weighted by Gasteiger charge is 2.06. The Hall–Kier alpha value is -1.07. The highest BCUT2D eigenvalue weighted by Crippen LogP contribution is 2.07. The van der Waals surface area contributed by atoms with Gasteiger partial charge in [0.15, 0.2) is 5.96 Å². The van der Waals surface area contributed by atoms with Gasteiger partial charge in [0.1, 0.15) is 0 Å². The molecule has 0 aliphatic carbocycles. The first-order valence-electron chi connectivity index (χ1n) is 7.34. The van der Waals surface area contributed by atoms with Crippen LogP contribution in [0.25, 0.3) is 0 Å². The number of guanidine groups is 1. The fourth-order valence-electron chi connectivity index (χ4n) is 1.86. The molecule has 1 heterocycles. The number of hydrogen-bond acceptors (Lipinski definition) is 3. The van der Waals surface area contributed by atoms with Crippen molar-refractivity contribution in [2.75, 3.05) is 33.7 Å². The van der Waals surface area contributed by atoms with Gasteiger partial charge >= 0.3 is 0 Å². The van der Waals surface area contributed by atoms with E-state index in [9.17, 15) is 0 Å². The van der Waals surface area contributed by atoms with Crippen LogP contribution in [-0.4, -0.2) is 50.6 Å². The average Bonchev–Trinajstić information content (AvgIpc) is 2.97. The minimum absolute atomic E-state index is 0.630. The van der Waals surface area contributed by atoms with Crippen LogP contribution < -0.4 is 10.6 Å². The maximum absolute atomic E-state index is 4.25. The number of hydrogen-bond donors (Lipinski definition) is 2. The molecule has 0 aliphatic heterocycles. The van der Waals surface area contributed by atoms with Gasteiger partial charge in [-0.05, 0) is 38.3 Å². The lowest BCUT2D eigenvalue weighted by molar-refractivity contribution is 0.255. The topological polar surface area (TPSA) is 39.7 Å². The SMILES string of the molecule is CCC(C)N(C)CCNC(=NC)NCCc1cccs1. The van der Waals surface area contributed by atoms with Crippen LogP contribution in [-0.2, 0) is 6.42 Å². The van der Waals surface area contributed by atoms with Gasteiger partial charge in [-0.25, -0.2) is 0 Å². The van der Waals surface area contributed by atoms with E-state index in [1.54, 1.807) is 11.3 Å². The molecule has 1 aromatic heterocycles. The number of thiophene rings is 1. The van der Waals surface area contributed by atoms with Gasteiger partial charge in [-0.1, -0.05) is 13.0 Å². The molecule has 0 saturated heterocycles. The highest BCUT2D eigenvalue weighted by atomic mass is 32.1. The largest absolute Gasteiger partial charge is 0.356 e. The highest BCUT2D eigenvalue weighted by molar-refractivity contribution is 7.09. The zero-order chi connectivity index (χ0) is 14.8. The molecule has 1 aromatic rings. The third-order valence-electron chi connectivity index (χ3n) is 3.57. The van der Waals surface area contributed by atoms with Crippen molar-refractivity contribution in [3.63, 3.8) is 0 Å². The van der Waals surface area contributed by atoms with Crippen LogP contribution in [0, 0.1) is 0 Å². The van der Waals surface area contributed by atoms with E-state index in [0.717, 1.165) is 32.0 Å². The summed E-state index contributed by atoms with van der Waals surface area (Å²) in [4.78, 5) is 8.02. The molecule has 4 nitrogen and oxygen atoms in total. The number of nitrogens with one attached hydrogen (secondary N) is 2. The molecule has 114 valence electrons. The lowest BCUT2D eigenvalue weighted by Gasteiger charge is -2.23. The van der Waals surface area contributed by atoms with Crippen LogP contribution in [0.1, 0.15) is 25.1 Å². The Balaban J connectivity index is 2.16. The standard InChI is InChI=1S/C15H28N4S/c1-5-13(2)19(4)11-10-18-15(16-3)17-9-8-14-7-6-12-20-14/h6-7,12-13H,5,8-11H2,1-4H3,(H2,16,17,18). The average molecular weight is 296 g/mol. The van der Waals surface area contributed by atoms with Crippen LogP contribution in [0.4, 0.5) is 0 Å². The van der Waals surface area contributed by atoms with E-state index in [2.05, 4.69) is 58.9 Å². The van der Waals surface area contributed by atoms with Gasteiger partial charge in [-0.3, -0.25) is 4.99 Å². The molecule has 0 spiro atoms. The van der Waals surface area contributed by atoms with Gasteiger partial charge in [0, 0.05) is 37.6 Å². The maximum Gasteiger partial charge on any atom is 0.191 e. The van der Waals surface area contributed by atoms with Crippen LogP contribution in [0.5, 0.6) is 0 Å². The quantitative estimate of drug-likeness (QED) is 0.570. The molecule has 0 radical (unpaired) electrons. The Kier molecular flexibility index (Phi) is 8.30. The van der Waals surface area contributed by atoms with Gasteiger partial charge in [0.25, 0.3) is 0 Å². The lowest BCUT2D eigenvalue weighted by Crippen LogP contribution is -2.42. The van der Waals surface area contributed by atoms with Crippen molar-refractivity contribution in [3.05, 3.63) is 22.4 Å². The molecular formula is C15H28N4S. The summed E-state index contributed by atoms with van der Waals surface area (Å²) in [6.07, 6.45) is 2.23. The van der Waals surface area contributed by atoms with Gasteiger partial charge in [-0.15, -0.1) is 11.3 Å². The third kappa shape index (κ3) is 6.39. The second-order valence-corrected chi connectivity index (χ2v) is 6.03. The molecule has 2 N–H and O–H groups in total. The van der Waals surface area contributed by atoms with Crippen molar-refractivity contribution in [3.8, 4) is 0 Å². The molecule has 20 heavy (non-hydrogen) atoms. The fraction of sp³-hybridized carbons (Fsp3) is 0.667. The monoisotopic (exact) mass is 296 g/mol. The molecule has 0 bridgehead atoms. The van der Waals surface area contributed by atoms with Gasteiger partial charge in [0.05, 0.1) is 0 Å². The summed E-state index contributed by atoms with van der Waals surface area (Å²) in [5, 5.41) is 8.83. The Morgan fingerprint density at radius 3 is 2.75 bits per heavy atom. The van der Waals surface area contributed by atoms with Crippen LogP contribution in [0.2, 0.25) is 0 Å². The van der Waals surface area contributed by atoms with Crippen LogP contribution >= 0.6 is 11.3 Å². The summed E-state index contributed by atoms with van der Waals surface area (Å²) < 4.78 is 0. The molecule has 0 amide bonds. The fourth-order valence-corrected chi connectivity index (χ4v) is 2.57.